The molecule has 1 rings (SSSR count). The van der Waals surface area contributed by atoms with Crippen LogP contribution in [0.1, 0.15) is 10.5 Å². The van der Waals surface area contributed by atoms with E-state index >= 15 is 0 Å². The highest BCUT2D eigenvalue weighted by Gasteiger charge is 2.05. The van der Waals surface area contributed by atoms with Gasteiger partial charge in [0.2, 0.25) is 0 Å². The third-order valence-corrected chi connectivity index (χ3v) is 0.963. The number of aromatic nitrogens is 2. The molecule has 0 spiro atoms. The SMILES string of the molecule is C=COC(=O)c1cnccn1. The summed E-state index contributed by atoms with van der Waals surface area (Å²) in [4.78, 5) is 18.3. The Hall–Kier alpha value is -1.71. The van der Waals surface area contributed by atoms with Crippen molar-refractivity contribution in [2.45, 2.75) is 0 Å². The maximum absolute atomic E-state index is 10.8. The Kier molecular flexibility index (Phi) is 2.32. The predicted molar refractivity (Wildman–Crippen MR) is 37.6 cm³/mol. The Morgan fingerprint density at radius 2 is 2.45 bits per heavy atom. The summed E-state index contributed by atoms with van der Waals surface area (Å²) in [5.41, 5.74) is 0.174. The van der Waals surface area contributed by atoms with Gasteiger partial charge in [-0.2, -0.15) is 0 Å². The first-order valence-electron chi connectivity index (χ1n) is 2.92. The first-order valence-corrected chi connectivity index (χ1v) is 2.92. The average molecular weight is 150 g/mol. The van der Waals surface area contributed by atoms with E-state index < -0.39 is 5.97 Å². The normalized spacial score (nSPS) is 8.73. The zero-order valence-corrected chi connectivity index (χ0v) is 5.73. The lowest BCUT2D eigenvalue weighted by Gasteiger charge is -1.94. The number of rotatable bonds is 2. The minimum atomic E-state index is -0.548. The second-order valence-corrected chi connectivity index (χ2v) is 1.66. The molecule has 0 aromatic carbocycles. The number of hydrogen-bond acceptors (Lipinski definition) is 4. The molecule has 0 fully saturated rings. The third kappa shape index (κ3) is 1.86. The van der Waals surface area contributed by atoms with Gasteiger partial charge in [-0.3, -0.25) is 4.98 Å². The van der Waals surface area contributed by atoms with Crippen molar-refractivity contribution in [3.8, 4) is 0 Å². The molecule has 1 heterocycles. The van der Waals surface area contributed by atoms with Gasteiger partial charge < -0.3 is 4.74 Å². The number of carbonyl (C=O) groups excluding carboxylic acids is 1. The molecule has 11 heavy (non-hydrogen) atoms. The Labute approximate surface area is 63.6 Å². The summed E-state index contributed by atoms with van der Waals surface area (Å²) >= 11 is 0. The van der Waals surface area contributed by atoms with Crippen LogP contribution in [-0.2, 0) is 4.74 Å². The highest BCUT2D eigenvalue weighted by atomic mass is 16.5. The number of ether oxygens (including phenoxy) is 1. The molecule has 1 aromatic heterocycles. The topological polar surface area (TPSA) is 52.1 Å². The van der Waals surface area contributed by atoms with Crippen molar-refractivity contribution >= 4 is 5.97 Å². The maximum Gasteiger partial charge on any atom is 0.363 e. The summed E-state index contributed by atoms with van der Waals surface area (Å²) in [5.74, 6) is -0.548. The monoisotopic (exact) mass is 150 g/mol. The van der Waals surface area contributed by atoms with E-state index in [1.54, 1.807) is 0 Å². The molecule has 0 saturated carbocycles. The summed E-state index contributed by atoms with van der Waals surface area (Å²) in [6, 6.07) is 0. The van der Waals surface area contributed by atoms with Crippen LogP contribution in [0.2, 0.25) is 0 Å². The molecule has 56 valence electrons. The van der Waals surface area contributed by atoms with Crippen LogP contribution in [0.5, 0.6) is 0 Å². The van der Waals surface area contributed by atoms with E-state index in [9.17, 15) is 4.79 Å². The lowest BCUT2D eigenvalue weighted by atomic mass is 10.5. The quantitative estimate of drug-likeness (QED) is 0.461. The highest BCUT2D eigenvalue weighted by Crippen LogP contribution is 1.93. The summed E-state index contributed by atoms with van der Waals surface area (Å²) < 4.78 is 4.45. The van der Waals surface area contributed by atoms with E-state index in [4.69, 9.17) is 0 Å². The second-order valence-electron chi connectivity index (χ2n) is 1.66. The zero-order chi connectivity index (χ0) is 8.10. The van der Waals surface area contributed by atoms with Gasteiger partial charge >= 0.3 is 5.97 Å². The van der Waals surface area contributed by atoms with E-state index in [1.807, 2.05) is 0 Å². The molecule has 0 aliphatic carbocycles. The summed E-state index contributed by atoms with van der Waals surface area (Å²) in [6.45, 7) is 3.23. The number of carbonyl (C=O) groups is 1. The fourth-order valence-electron chi connectivity index (χ4n) is 0.541. The van der Waals surface area contributed by atoms with Gasteiger partial charge in [-0.05, 0) is 0 Å². The molecule has 4 nitrogen and oxygen atoms in total. The molecule has 1 aromatic rings. The maximum atomic E-state index is 10.8. The Balaban J connectivity index is 2.77. The number of esters is 1. The molecule has 0 aliphatic heterocycles. The molecule has 0 bridgehead atoms. The van der Waals surface area contributed by atoms with E-state index in [0.717, 1.165) is 6.26 Å². The van der Waals surface area contributed by atoms with Crippen LogP contribution < -0.4 is 0 Å². The van der Waals surface area contributed by atoms with Crippen LogP contribution in [0.4, 0.5) is 0 Å². The van der Waals surface area contributed by atoms with E-state index in [2.05, 4.69) is 21.3 Å². The average Bonchev–Trinajstić information content (AvgIpc) is 2.07. The van der Waals surface area contributed by atoms with Gasteiger partial charge in [0, 0.05) is 12.4 Å². The van der Waals surface area contributed by atoms with Gasteiger partial charge in [0.05, 0.1) is 12.5 Å². The van der Waals surface area contributed by atoms with Crippen LogP contribution in [-0.4, -0.2) is 15.9 Å². The minimum absolute atomic E-state index is 0.174. The van der Waals surface area contributed by atoms with Gasteiger partial charge in [0.25, 0.3) is 0 Å². The first kappa shape index (κ1) is 7.40. The Morgan fingerprint density at radius 3 is 3.00 bits per heavy atom. The molecule has 0 unspecified atom stereocenters. The van der Waals surface area contributed by atoms with E-state index in [-0.39, 0.29) is 5.69 Å². The van der Waals surface area contributed by atoms with Gasteiger partial charge in [-0.15, -0.1) is 0 Å². The molecule has 4 heteroatoms. The largest absolute Gasteiger partial charge is 0.430 e. The zero-order valence-electron chi connectivity index (χ0n) is 5.73. The summed E-state index contributed by atoms with van der Waals surface area (Å²) in [5, 5.41) is 0. The van der Waals surface area contributed by atoms with E-state index in [1.165, 1.54) is 18.6 Å². The Bertz CT molecular complexity index is 258. The predicted octanol–water partition coefficient (Wildman–Crippen LogP) is 0.777. The fraction of sp³-hybridized carbons (Fsp3) is 0. The fourth-order valence-corrected chi connectivity index (χ4v) is 0.541. The van der Waals surface area contributed by atoms with Crippen LogP contribution in [0.25, 0.3) is 0 Å². The first-order chi connectivity index (χ1) is 5.34. The third-order valence-electron chi connectivity index (χ3n) is 0.963. The molecule has 0 atom stereocenters. The lowest BCUT2D eigenvalue weighted by Crippen LogP contribution is -2.02. The smallest absolute Gasteiger partial charge is 0.363 e. The van der Waals surface area contributed by atoms with Crippen molar-refractivity contribution in [1.29, 1.82) is 0 Å². The summed E-state index contributed by atoms with van der Waals surface area (Å²) in [6.07, 6.45) is 5.27. The molecular weight excluding hydrogens is 144 g/mol. The van der Waals surface area contributed by atoms with Crippen LogP contribution in [0.3, 0.4) is 0 Å². The van der Waals surface area contributed by atoms with Crippen LogP contribution in [0, 0.1) is 0 Å². The van der Waals surface area contributed by atoms with Gasteiger partial charge in [-0.1, -0.05) is 6.58 Å². The van der Waals surface area contributed by atoms with Crippen molar-refractivity contribution in [3.63, 3.8) is 0 Å². The molecule has 0 saturated heterocycles. The van der Waals surface area contributed by atoms with Crippen LogP contribution >= 0.6 is 0 Å². The lowest BCUT2D eigenvalue weighted by molar-refractivity contribution is 0.0657. The minimum Gasteiger partial charge on any atom is -0.430 e. The second kappa shape index (κ2) is 3.46. The summed E-state index contributed by atoms with van der Waals surface area (Å²) in [7, 11) is 0. The van der Waals surface area contributed by atoms with Crippen molar-refractivity contribution in [2.75, 3.05) is 0 Å². The van der Waals surface area contributed by atoms with Gasteiger partial charge in [0.15, 0.2) is 5.69 Å². The molecule has 0 radical (unpaired) electrons. The molecular formula is C7H6N2O2. The molecule has 0 amide bonds. The Morgan fingerprint density at radius 1 is 1.64 bits per heavy atom. The molecule has 0 aliphatic rings. The van der Waals surface area contributed by atoms with E-state index in [0.29, 0.717) is 0 Å². The number of hydrogen-bond donors (Lipinski definition) is 0. The van der Waals surface area contributed by atoms with Crippen molar-refractivity contribution in [3.05, 3.63) is 37.1 Å². The van der Waals surface area contributed by atoms with Gasteiger partial charge in [-0.25, -0.2) is 9.78 Å². The van der Waals surface area contributed by atoms with Gasteiger partial charge in [0.1, 0.15) is 0 Å². The standard InChI is InChI=1S/C7H6N2O2/c1-2-11-7(10)6-5-8-3-4-9-6/h2-5H,1H2. The number of nitrogens with zero attached hydrogens (tertiary/aromatic N) is 2. The van der Waals surface area contributed by atoms with Crippen molar-refractivity contribution in [2.24, 2.45) is 0 Å². The van der Waals surface area contributed by atoms with Crippen molar-refractivity contribution < 1.29 is 9.53 Å². The van der Waals surface area contributed by atoms with Crippen LogP contribution in [0.15, 0.2) is 31.4 Å². The van der Waals surface area contributed by atoms with Crippen molar-refractivity contribution in [1.82, 2.24) is 9.97 Å². The molecule has 0 N–H and O–H groups in total. The highest BCUT2D eigenvalue weighted by molar-refractivity contribution is 5.87.